The Balaban J connectivity index is 2.29. The van der Waals surface area contributed by atoms with Crippen molar-refractivity contribution in [2.75, 3.05) is 0 Å². The smallest absolute Gasteiger partial charge is 0.343 e. The first-order valence-electron chi connectivity index (χ1n) is 6.58. The maximum Gasteiger partial charge on any atom is 0.343 e. The molecule has 0 fully saturated rings. The normalized spacial score (nSPS) is 10.2. The second-order valence-electron chi connectivity index (χ2n) is 5.06. The molecule has 0 spiro atoms. The third-order valence-electron chi connectivity index (χ3n) is 3.23. The zero-order chi connectivity index (χ0) is 15.6. The van der Waals surface area contributed by atoms with Crippen LogP contribution in [0.25, 0.3) is 0 Å². The molecule has 0 unspecified atom stereocenters. The predicted octanol–water partition coefficient (Wildman–Crippen LogP) is 2.93. The molecule has 21 heavy (non-hydrogen) atoms. The van der Waals surface area contributed by atoms with Crippen molar-refractivity contribution >= 4 is 11.9 Å². The topological polar surface area (TPSA) is 69.4 Å². The fourth-order valence-electron chi connectivity index (χ4n) is 2.09. The van der Waals surface area contributed by atoms with Gasteiger partial charge in [0.05, 0.1) is 5.56 Å². The molecule has 0 atom stereocenters. The van der Waals surface area contributed by atoms with E-state index in [-0.39, 0.29) is 0 Å². The van der Waals surface area contributed by atoms with Crippen molar-refractivity contribution in [3.05, 3.63) is 64.2 Å². The van der Waals surface area contributed by atoms with E-state index in [2.05, 4.69) is 0 Å². The lowest BCUT2D eigenvalue weighted by Gasteiger charge is -2.12. The first-order chi connectivity index (χ1) is 9.88. The van der Waals surface area contributed by atoms with Gasteiger partial charge in [-0.15, -0.1) is 0 Å². The summed E-state index contributed by atoms with van der Waals surface area (Å²) in [5.74, 6) is -0.462. The van der Waals surface area contributed by atoms with Crippen LogP contribution in [0.2, 0.25) is 0 Å². The average Bonchev–Trinajstić information content (AvgIpc) is 2.43. The number of amides is 1. The first-order valence-corrected chi connectivity index (χ1v) is 6.58. The molecule has 0 aliphatic heterocycles. The molecule has 0 saturated carbocycles. The van der Waals surface area contributed by atoms with Crippen LogP contribution in [0.3, 0.4) is 0 Å². The highest BCUT2D eigenvalue weighted by atomic mass is 16.5. The van der Waals surface area contributed by atoms with E-state index in [0.717, 1.165) is 5.56 Å². The van der Waals surface area contributed by atoms with Gasteiger partial charge < -0.3 is 10.5 Å². The van der Waals surface area contributed by atoms with Gasteiger partial charge in [-0.25, -0.2) is 4.79 Å². The Hall–Kier alpha value is -2.62. The van der Waals surface area contributed by atoms with E-state index in [0.29, 0.717) is 28.0 Å². The number of carbonyl (C=O) groups excluding carboxylic acids is 2. The van der Waals surface area contributed by atoms with Gasteiger partial charge in [-0.3, -0.25) is 4.79 Å². The number of aryl methyl sites for hydroxylation is 3. The highest BCUT2D eigenvalue weighted by Crippen LogP contribution is 2.25. The monoisotopic (exact) mass is 283 g/mol. The summed E-state index contributed by atoms with van der Waals surface area (Å²) >= 11 is 0. The first kappa shape index (κ1) is 14.8. The molecule has 2 N–H and O–H groups in total. The minimum atomic E-state index is -0.502. The maximum atomic E-state index is 12.1. The number of esters is 1. The lowest BCUT2D eigenvalue weighted by Crippen LogP contribution is -2.14. The van der Waals surface area contributed by atoms with E-state index >= 15 is 0 Å². The van der Waals surface area contributed by atoms with Crippen LogP contribution in [-0.2, 0) is 0 Å². The lowest BCUT2D eigenvalue weighted by molar-refractivity contribution is 0.0732. The van der Waals surface area contributed by atoms with Gasteiger partial charge in [0.15, 0.2) is 0 Å². The Kier molecular flexibility index (Phi) is 4.08. The van der Waals surface area contributed by atoms with Gasteiger partial charge >= 0.3 is 5.97 Å². The second-order valence-corrected chi connectivity index (χ2v) is 5.06. The highest BCUT2D eigenvalue weighted by molar-refractivity contribution is 5.94. The standard InChI is InChI=1S/C17H17NO3/c1-10-4-6-13(7-5-10)17(20)21-15-11(2)8-14(16(18)19)9-12(15)3/h4-9H,1-3H3,(H2,18,19). The van der Waals surface area contributed by atoms with E-state index in [9.17, 15) is 9.59 Å². The van der Waals surface area contributed by atoms with Crippen molar-refractivity contribution in [3.63, 3.8) is 0 Å². The van der Waals surface area contributed by atoms with Gasteiger partial charge in [-0.1, -0.05) is 17.7 Å². The van der Waals surface area contributed by atoms with Gasteiger partial charge in [0.2, 0.25) is 5.91 Å². The van der Waals surface area contributed by atoms with Crippen molar-refractivity contribution < 1.29 is 14.3 Å². The van der Waals surface area contributed by atoms with Crippen LogP contribution in [0.5, 0.6) is 5.75 Å². The van der Waals surface area contributed by atoms with Crippen LogP contribution in [0, 0.1) is 20.8 Å². The Bertz CT molecular complexity index is 679. The Morgan fingerprint density at radius 1 is 0.905 bits per heavy atom. The van der Waals surface area contributed by atoms with Crippen LogP contribution < -0.4 is 10.5 Å². The molecule has 2 aromatic rings. The second kappa shape index (κ2) is 5.79. The van der Waals surface area contributed by atoms with Crippen LogP contribution >= 0.6 is 0 Å². The average molecular weight is 283 g/mol. The molecule has 4 nitrogen and oxygen atoms in total. The minimum Gasteiger partial charge on any atom is -0.422 e. The number of ether oxygens (including phenoxy) is 1. The van der Waals surface area contributed by atoms with Crippen LogP contribution in [0.1, 0.15) is 37.4 Å². The molecule has 0 aromatic heterocycles. The van der Waals surface area contributed by atoms with Crippen molar-refractivity contribution in [2.45, 2.75) is 20.8 Å². The SMILES string of the molecule is Cc1ccc(C(=O)Oc2c(C)cc(C(N)=O)cc2C)cc1. The number of hydrogen-bond donors (Lipinski definition) is 1. The molecule has 1 amide bonds. The van der Waals surface area contributed by atoms with E-state index in [4.69, 9.17) is 10.5 Å². The van der Waals surface area contributed by atoms with Crippen LogP contribution in [-0.4, -0.2) is 11.9 Å². The summed E-state index contributed by atoms with van der Waals surface area (Å²) in [6.07, 6.45) is 0. The molecule has 4 heteroatoms. The number of carbonyl (C=O) groups is 2. The van der Waals surface area contributed by atoms with Gasteiger partial charge in [0.25, 0.3) is 0 Å². The minimum absolute atomic E-state index is 0.403. The molecule has 108 valence electrons. The van der Waals surface area contributed by atoms with Crippen LogP contribution in [0.4, 0.5) is 0 Å². The lowest BCUT2D eigenvalue weighted by atomic mass is 10.1. The largest absolute Gasteiger partial charge is 0.422 e. The van der Waals surface area contributed by atoms with Crippen LogP contribution in [0.15, 0.2) is 36.4 Å². The zero-order valence-electron chi connectivity index (χ0n) is 12.3. The number of benzene rings is 2. The Morgan fingerprint density at radius 2 is 1.43 bits per heavy atom. The van der Waals surface area contributed by atoms with Gasteiger partial charge in [0.1, 0.15) is 5.75 Å². The summed E-state index contributed by atoms with van der Waals surface area (Å²) in [4.78, 5) is 23.3. The fourth-order valence-corrected chi connectivity index (χ4v) is 2.09. The summed E-state index contributed by atoms with van der Waals surface area (Å²) < 4.78 is 5.45. The third kappa shape index (κ3) is 3.28. The zero-order valence-corrected chi connectivity index (χ0v) is 12.3. The highest BCUT2D eigenvalue weighted by Gasteiger charge is 2.14. The van der Waals surface area contributed by atoms with Crippen molar-refractivity contribution in [2.24, 2.45) is 5.73 Å². The molecule has 0 heterocycles. The maximum absolute atomic E-state index is 12.1. The van der Waals surface area contributed by atoms with Crippen molar-refractivity contribution in [1.29, 1.82) is 0 Å². The van der Waals surface area contributed by atoms with Crippen molar-refractivity contribution in [1.82, 2.24) is 0 Å². The summed E-state index contributed by atoms with van der Waals surface area (Å²) in [7, 11) is 0. The summed E-state index contributed by atoms with van der Waals surface area (Å²) in [6.45, 7) is 5.50. The molecule has 0 saturated heterocycles. The molecular formula is C17H17NO3. The van der Waals surface area contributed by atoms with Gasteiger partial charge in [0, 0.05) is 5.56 Å². The summed E-state index contributed by atoms with van der Waals surface area (Å²) in [6, 6.07) is 10.4. The fraction of sp³-hybridized carbons (Fsp3) is 0.176. The van der Waals surface area contributed by atoms with E-state index < -0.39 is 11.9 Å². The molecule has 0 radical (unpaired) electrons. The predicted molar refractivity (Wildman–Crippen MR) is 80.6 cm³/mol. The number of nitrogens with two attached hydrogens (primary N) is 1. The number of rotatable bonds is 3. The van der Waals surface area contributed by atoms with Gasteiger partial charge in [-0.2, -0.15) is 0 Å². The Labute approximate surface area is 123 Å². The van der Waals surface area contributed by atoms with E-state index in [1.54, 1.807) is 38.1 Å². The molecule has 2 rings (SSSR count). The number of hydrogen-bond acceptors (Lipinski definition) is 3. The Morgan fingerprint density at radius 3 is 1.90 bits per heavy atom. The molecule has 0 aliphatic rings. The summed E-state index contributed by atoms with van der Waals surface area (Å²) in [5.41, 5.74) is 8.62. The molecule has 0 bridgehead atoms. The van der Waals surface area contributed by atoms with Crippen molar-refractivity contribution in [3.8, 4) is 5.75 Å². The molecule has 0 aliphatic carbocycles. The summed E-state index contributed by atoms with van der Waals surface area (Å²) in [5, 5.41) is 0. The quantitative estimate of drug-likeness (QED) is 0.695. The van der Waals surface area contributed by atoms with Gasteiger partial charge in [-0.05, 0) is 56.2 Å². The number of primary amides is 1. The van der Waals surface area contributed by atoms with E-state index in [1.807, 2.05) is 19.1 Å². The van der Waals surface area contributed by atoms with E-state index in [1.165, 1.54) is 0 Å². The molecular weight excluding hydrogens is 266 g/mol. The molecule has 2 aromatic carbocycles. The third-order valence-corrected chi connectivity index (χ3v) is 3.23.